The fourth-order valence-electron chi connectivity index (χ4n) is 2.56. The van der Waals surface area contributed by atoms with E-state index in [0.717, 1.165) is 6.42 Å². The second-order valence-electron chi connectivity index (χ2n) is 6.44. The van der Waals surface area contributed by atoms with Gasteiger partial charge in [0.05, 0.1) is 29.9 Å². The summed E-state index contributed by atoms with van der Waals surface area (Å²) in [5.74, 6) is 0.0488. The molecule has 0 saturated carbocycles. The van der Waals surface area contributed by atoms with Gasteiger partial charge in [-0.05, 0) is 38.5 Å². The molecule has 1 N–H and O–H groups in total. The number of rotatable bonds is 9. The summed E-state index contributed by atoms with van der Waals surface area (Å²) in [5, 5.41) is 2.69. The summed E-state index contributed by atoms with van der Waals surface area (Å²) < 4.78 is 43.3. The van der Waals surface area contributed by atoms with Gasteiger partial charge < -0.3 is 19.5 Å². The average molecular weight is 400 g/mol. The largest absolute Gasteiger partial charge is 0.489 e. The summed E-state index contributed by atoms with van der Waals surface area (Å²) in [5.41, 5.74) is 0.308. The maximum atomic E-state index is 12.9. The number of anilines is 1. The van der Waals surface area contributed by atoms with Crippen LogP contribution in [0.3, 0.4) is 0 Å². The molecule has 0 spiro atoms. The Hall–Kier alpha value is -1.68. The molecular weight excluding hydrogens is 372 g/mol. The van der Waals surface area contributed by atoms with Gasteiger partial charge in [0.25, 0.3) is 0 Å². The van der Waals surface area contributed by atoms with Gasteiger partial charge in [-0.25, -0.2) is 8.42 Å². The van der Waals surface area contributed by atoms with E-state index < -0.39 is 10.0 Å². The quantitative estimate of drug-likeness (QED) is 0.636. The van der Waals surface area contributed by atoms with Crippen LogP contribution in [0.15, 0.2) is 23.1 Å². The van der Waals surface area contributed by atoms with E-state index in [9.17, 15) is 13.2 Å². The summed E-state index contributed by atoms with van der Waals surface area (Å²) in [6, 6.07) is 4.49. The molecule has 0 bridgehead atoms. The number of nitrogens with zero attached hydrogens (tertiary/aromatic N) is 1. The van der Waals surface area contributed by atoms with Crippen LogP contribution >= 0.6 is 0 Å². The second-order valence-corrected chi connectivity index (χ2v) is 8.38. The van der Waals surface area contributed by atoms with Gasteiger partial charge in [0.2, 0.25) is 15.9 Å². The molecule has 152 valence electrons. The lowest BCUT2D eigenvalue weighted by Crippen LogP contribution is -2.40. The van der Waals surface area contributed by atoms with Crippen molar-refractivity contribution in [2.75, 3.05) is 44.8 Å². The number of morpholine rings is 1. The average Bonchev–Trinajstić information content (AvgIpc) is 2.63. The Morgan fingerprint density at radius 1 is 1.30 bits per heavy atom. The highest BCUT2D eigenvalue weighted by Crippen LogP contribution is 2.30. The van der Waals surface area contributed by atoms with E-state index in [0.29, 0.717) is 44.3 Å². The minimum Gasteiger partial charge on any atom is -0.489 e. The highest BCUT2D eigenvalue weighted by Gasteiger charge is 2.27. The van der Waals surface area contributed by atoms with Crippen molar-refractivity contribution in [3.05, 3.63) is 18.2 Å². The van der Waals surface area contributed by atoms with Crippen LogP contribution in [0.2, 0.25) is 0 Å². The third-order valence-corrected chi connectivity index (χ3v) is 5.67. The van der Waals surface area contributed by atoms with Crippen LogP contribution in [0.25, 0.3) is 0 Å². The van der Waals surface area contributed by atoms with Crippen LogP contribution in [0.5, 0.6) is 5.75 Å². The number of sulfonamides is 1. The number of carbonyl (C=O) groups excluding carboxylic acids is 1. The Morgan fingerprint density at radius 3 is 2.63 bits per heavy atom. The summed E-state index contributed by atoms with van der Waals surface area (Å²) in [6.07, 6.45) is 0.682. The first kappa shape index (κ1) is 21.6. The zero-order valence-corrected chi connectivity index (χ0v) is 16.9. The number of carbonyl (C=O) groups is 1. The van der Waals surface area contributed by atoms with Gasteiger partial charge in [-0.3, -0.25) is 4.79 Å². The van der Waals surface area contributed by atoms with Crippen LogP contribution < -0.4 is 10.1 Å². The number of ether oxygens (including phenoxy) is 3. The van der Waals surface area contributed by atoms with Crippen molar-refractivity contribution in [1.82, 2.24) is 4.31 Å². The summed E-state index contributed by atoms with van der Waals surface area (Å²) >= 11 is 0. The van der Waals surface area contributed by atoms with Crippen LogP contribution in [-0.4, -0.2) is 64.3 Å². The van der Waals surface area contributed by atoms with Crippen molar-refractivity contribution >= 4 is 21.6 Å². The fourth-order valence-corrected chi connectivity index (χ4v) is 3.99. The number of amides is 1. The van der Waals surface area contributed by atoms with Crippen LogP contribution in [0, 0.1) is 0 Å². The van der Waals surface area contributed by atoms with E-state index in [4.69, 9.17) is 14.2 Å². The molecule has 1 aromatic rings. The molecule has 0 unspecified atom stereocenters. The molecule has 1 aromatic carbocycles. The second kappa shape index (κ2) is 10.0. The van der Waals surface area contributed by atoms with Crippen LogP contribution in [-0.2, 0) is 24.3 Å². The predicted molar refractivity (Wildman–Crippen MR) is 102 cm³/mol. The first-order valence-electron chi connectivity index (χ1n) is 9.10. The van der Waals surface area contributed by atoms with Gasteiger partial charge in [0, 0.05) is 19.7 Å². The van der Waals surface area contributed by atoms with E-state index in [-0.39, 0.29) is 23.5 Å². The van der Waals surface area contributed by atoms with Crippen molar-refractivity contribution in [1.29, 1.82) is 0 Å². The molecule has 8 nitrogen and oxygen atoms in total. The van der Waals surface area contributed by atoms with E-state index in [1.54, 1.807) is 6.07 Å². The summed E-state index contributed by atoms with van der Waals surface area (Å²) in [6.45, 7) is 7.38. The van der Waals surface area contributed by atoms with E-state index in [1.165, 1.54) is 16.4 Å². The maximum absolute atomic E-state index is 12.9. The zero-order chi connectivity index (χ0) is 19.9. The number of hydrogen-bond donors (Lipinski definition) is 1. The van der Waals surface area contributed by atoms with E-state index in [2.05, 4.69) is 5.32 Å². The lowest BCUT2D eigenvalue weighted by molar-refractivity contribution is -0.120. The summed E-state index contributed by atoms with van der Waals surface area (Å²) in [7, 11) is -3.67. The van der Waals surface area contributed by atoms with Gasteiger partial charge in [-0.2, -0.15) is 4.31 Å². The molecule has 1 heterocycles. The number of benzene rings is 1. The maximum Gasteiger partial charge on any atom is 0.250 e. The molecule has 0 aromatic heterocycles. The smallest absolute Gasteiger partial charge is 0.250 e. The third-order valence-electron chi connectivity index (χ3n) is 3.78. The molecule has 1 amide bonds. The highest BCUT2D eigenvalue weighted by atomic mass is 32.2. The van der Waals surface area contributed by atoms with E-state index >= 15 is 0 Å². The van der Waals surface area contributed by atoms with Gasteiger partial charge in [0.1, 0.15) is 12.4 Å². The van der Waals surface area contributed by atoms with Crippen LogP contribution in [0.1, 0.15) is 27.2 Å². The fraction of sp³-hybridized carbons (Fsp3) is 0.611. The Kier molecular flexibility index (Phi) is 8.03. The Morgan fingerprint density at radius 2 is 2.00 bits per heavy atom. The molecule has 0 aliphatic carbocycles. The minimum absolute atomic E-state index is 0.102. The molecule has 0 atom stereocenters. The van der Waals surface area contributed by atoms with Crippen molar-refractivity contribution in [2.24, 2.45) is 0 Å². The minimum atomic E-state index is -3.67. The van der Waals surface area contributed by atoms with Crippen molar-refractivity contribution in [3.63, 3.8) is 0 Å². The molecule has 1 aliphatic heterocycles. The molecule has 0 radical (unpaired) electrons. The highest BCUT2D eigenvalue weighted by molar-refractivity contribution is 7.89. The Bertz CT molecular complexity index is 729. The predicted octanol–water partition coefficient (Wildman–Crippen LogP) is 1.86. The normalized spacial score (nSPS) is 15.7. The van der Waals surface area contributed by atoms with E-state index in [1.807, 2.05) is 20.8 Å². The van der Waals surface area contributed by atoms with Crippen molar-refractivity contribution in [3.8, 4) is 5.75 Å². The SMILES string of the molecule is CCCOCC(=O)Nc1cc(S(=O)(=O)N2CCOCC2)ccc1OC(C)C. The lowest BCUT2D eigenvalue weighted by Gasteiger charge is -2.26. The Labute approximate surface area is 160 Å². The number of hydrogen-bond acceptors (Lipinski definition) is 6. The molecule has 1 saturated heterocycles. The first-order valence-corrected chi connectivity index (χ1v) is 10.5. The first-order chi connectivity index (χ1) is 12.8. The van der Waals surface area contributed by atoms with Gasteiger partial charge in [0.15, 0.2) is 0 Å². The summed E-state index contributed by atoms with van der Waals surface area (Å²) in [4.78, 5) is 12.2. The molecule has 2 rings (SSSR count). The molecule has 9 heteroatoms. The topological polar surface area (TPSA) is 94.2 Å². The molecule has 1 aliphatic rings. The molecular formula is C18H28N2O6S. The molecule has 1 fully saturated rings. The van der Waals surface area contributed by atoms with Crippen LogP contribution in [0.4, 0.5) is 5.69 Å². The van der Waals surface area contributed by atoms with Gasteiger partial charge in [-0.1, -0.05) is 6.92 Å². The monoisotopic (exact) mass is 400 g/mol. The van der Waals surface area contributed by atoms with Crippen molar-refractivity contribution < 1.29 is 27.4 Å². The third kappa shape index (κ3) is 6.17. The lowest BCUT2D eigenvalue weighted by atomic mass is 10.3. The Balaban J connectivity index is 2.25. The molecule has 27 heavy (non-hydrogen) atoms. The standard InChI is InChI=1S/C18H28N2O6S/c1-4-9-25-13-18(21)19-16-12-15(5-6-17(16)26-14(2)3)27(22,23)20-7-10-24-11-8-20/h5-6,12,14H,4,7-11,13H2,1-3H3,(H,19,21). The van der Waals surface area contributed by atoms with Gasteiger partial charge >= 0.3 is 0 Å². The van der Waals surface area contributed by atoms with Gasteiger partial charge in [-0.15, -0.1) is 0 Å². The zero-order valence-electron chi connectivity index (χ0n) is 16.1. The number of nitrogens with one attached hydrogen (secondary N) is 1. The van der Waals surface area contributed by atoms with Crippen molar-refractivity contribution in [2.45, 2.75) is 38.2 Å².